The summed E-state index contributed by atoms with van der Waals surface area (Å²) in [6, 6.07) is 5.40. The summed E-state index contributed by atoms with van der Waals surface area (Å²) in [6.45, 7) is 0.529. The molecule has 2 aromatic rings. The van der Waals surface area contributed by atoms with Gasteiger partial charge in [-0.1, -0.05) is 29.3 Å². The lowest BCUT2D eigenvalue weighted by Crippen LogP contribution is -2.02. The molecule has 2 rings (SSSR count). The lowest BCUT2D eigenvalue weighted by molar-refractivity contribution is 0.670. The van der Waals surface area contributed by atoms with Crippen LogP contribution >= 0.6 is 39.1 Å². The molecule has 0 spiro atoms. The second kappa shape index (κ2) is 4.61. The van der Waals surface area contributed by atoms with Crippen molar-refractivity contribution in [2.24, 2.45) is 0 Å². The number of hydrogen-bond donors (Lipinski definition) is 1. The van der Waals surface area contributed by atoms with Gasteiger partial charge in [-0.05, 0) is 33.6 Å². The summed E-state index contributed by atoms with van der Waals surface area (Å²) in [6.07, 6.45) is 0. The molecule has 84 valence electrons. The Morgan fingerprint density at radius 2 is 2.06 bits per heavy atom. The highest BCUT2D eigenvalue weighted by Crippen LogP contribution is 2.23. The zero-order valence-corrected chi connectivity index (χ0v) is 11.1. The number of aromatic nitrogens is 3. The Kier molecular flexibility index (Phi) is 3.37. The van der Waals surface area contributed by atoms with Crippen LogP contribution < -0.4 is 5.73 Å². The molecule has 0 unspecified atom stereocenters. The van der Waals surface area contributed by atoms with Crippen LogP contribution in [0.3, 0.4) is 0 Å². The average molecular weight is 322 g/mol. The van der Waals surface area contributed by atoms with Crippen molar-refractivity contribution in [1.29, 1.82) is 0 Å². The number of nitrogen functional groups attached to an aromatic ring is 1. The van der Waals surface area contributed by atoms with Gasteiger partial charge >= 0.3 is 0 Å². The van der Waals surface area contributed by atoms with E-state index in [0.29, 0.717) is 21.3 Å². The predicted octanol–water partition coefficient (Wildman–Crippen LogP) is 2.98. The fourth-order valence-corrected chi connectivity index (χ4v) is 1.96. The van der Waals surface area contributed by atoms with E-state index in [4.69, 9.17) is 28.9 Å². The van der Waals surface area contributed by atoms with Gasteiger partial charge in [0.05, 0.1) is 16.6 Å². The van der Waals surface area contributed by atoms with Crippen LogP contribution in [0.2, 0.25) is 10.0 Å². The van der Waals surface area contributed by atoms with Crippen LogP contribution in [0.1, 0.15) is 5.56 Å². The third-order valence-corrected chi connectivity index (χ3v) is 3.29. The molecule has 1 aromatic heterocycles. The normalized spacial score (nSPS) is 10.7. The van der Waals surface area contributed by atoms with Crippen LogP contribution in [-0.4, -0.2) is 14.8 Å². The minimum absolute atomic E-state index is 0.229. The Bertz CT molecular complexity index is 526. The van der Waals surface area contributed by atoms with Gasteiger partial charge in [0, 0.05) is 0 Å². The number of nitrogens with two attached hydrogens (primary N) is 1. The summed E-state index contributed by atoms with van der Waals surface area (Å²) in [5, 5.41) is 5.07. The van der Waals surface area contributed by atoms with Gasteiger partial charge in [0.25, 0.3) is 0 Å². The molecule has 7 heteroatoms. The smallest absolute Gasteiger partial charge is 0.240 e. The van der Waals surface area contributed by atoms with Gasteiger partial charge in [-0.25, -0.2) is 4.68 Å². The number of hydrogen-bond acceptors (Lipinski definition) is 3. The summed E-state index contributed by atoms with van der Waals surface area (Å²) in [4.78, 5) is 3.93. The standard InChI is InChI=1S/C9H7BrCl2N4/c10-8-14-9(13)15-16(8)4-5-1-2-6(11)7(12)3-5/h1-3H,4H2,(H2,13,15). The molecule has 0 saturated carbocycles. The molecule has 0 amide bonds. The van der Waals surface area contributed by atoms with E-state index >= 15 is 0 Å². The lowest BCUT2D eigenvalue weighted by atomic mass is 10.2. The number of halogens is 3. The number of benzene rings is 1. The first-order chi connectivity index (χ1) is 7.56. The first kappa shape index (κ1) is 11.7. The van der Waals surface area contributed by atoms with Crippen LogP contribution in [0, 0.1) is 0 Å². The Labute approximate surface area is 110 Å². The van der Waals surface area contributed by atoms with Crippen molar-refractivity contribution in [2.45, 2.75) is 6.54 Å². The minimum Gasteiger partial charge on any atom is -0.366 e. The number of anilines is 1. The van der Waals surface area contributed by atoms with E-state index in [1.807, 2.05) is 6.07 Å². The van der Waals surface area contributed by atoms with Crippen molar-refractivity contribution >= 4 is 45.1 Å². The predicted molar refractivity (Wildman–Crippen MR) is 67.7 cm³/mol. The van der Waals surface area contributed by atoms with Crippen LogP contribution in [0.15, 0.2) is 22.9 Å². The average Bonchev–Trinajstić information content (AvgIpc) is 2.51. The van der Waals surface area contributed by atoms with Gasteiger partial charge in [0.15, 0.2) is 4.73 Å². The fraction of sp³-hybridized carbons (Fsp3) is 0.111. The summed E-state index contributed by atoms with van der Waals surface area (Å²) in [5.74, 6) is 0.229. The molecule has 1 heterocycles. The molecule has 0 fully saturated rings. The summed E-state index contributed by atoms with van der Waals surface area (Å²) in [7, 11) is 0. The monoisotopic (exact) mass is 320 g/mol. The molecule has 0 atom stereocenters. The number of nitrogens with zero attached hydrogens (tertiary/aromatic N) is 3. The molecule has 16 heavy (non-hydrogen) atoms. The third-order valence-electron chi connectivity index (χ3n) is 1.96. The van der Waals surface area contributed by atoms with Gasteiger partial charge in [0.1, 0.15) is 0 Å². The van der Waals surface area contributed by atoms with Crippen LogP contribution in [0.4, 0.5) is 5.95 Å². The SMILES string of the molecule is Nc1nc(Br)n(Cc2ccc(Cl)c(Cl)c2)n1. The molecule has 0 saturated heterocycles. The molecular weight excluding hydrogens is 315 g/mol. The zero-order chi connectivity index (χ0) is 11.7. The topological polar surface area (TPSA) is 56.7 Å². The third kappa shape index (κ3) is 2.48. The van der Waals surface area contributed by atoms with Gasteiger partial charge in [-0.3, -0.25) is 0 Å². The molecular formula is C9H7BrCl2N4. The second-order valence-electron chi connectivity index (χ2n) is 3.15. The van der Waals surface area contributed by atoms with E-state index in [9.17, 15) is 0 Å². The van der Waals surface area contributed by atoms with E-state index in [1.165, 1.54) is 0 Å². The molecule has 2 N–H and O–H groups in total. The van der Waals surface area contributed by atoms with Gasteiger partial charge < -0.3 is 5.73 Å². The van der Waals surface area contributed by atoms with Crippen molar-refractivity contribution in [3.63, 3.8) is 0 Å². The van der Waals surface area contributed by atoms with Gasteiger partial charge in [-0.15, -0.1) is 5.10 Å². The summed E-state index contributed by atoms with van der Waals surface area (Å²) >= 11 is 15.0. The first-order valence-corrected chi connectivity index (χ1v) is 5.91. The van der Waals surface area contributed by atoms with Crippen LogP contribution in [-0.2, 0) is 6.54 Å². The minimum atomic E-state index is 0.229. The summed E-state index contributed by atoms with van der Waals surface area (Å²) < 4.78 is 2.21. The quantitative estimate of drug-likeness (QED) is 0.925. The molecule has 0 bridgehead atoms. The van der Waals surface area contributed by atoms with Crippen molar-refractivity contribution in [3.8, 4) is 0 Å². The highest BCUT2D eigenvalue weighted by atomic mass is 79.9. The Morgan fingerprint density at radius 3 is 2.62 bits per heavy atom. The Hall–Kier alpha value is -0.780. The highest BCUT2D eigenvalue weighted by Gasteiger charge is 2.06. The molecule has 0 aliphatic heterocycles. The van der Waals surface area contributed by atoms with E-state index in [2.05, 4.69) is 26.0 Å². The Morgan fingerprint density at radius 1 is 1.31 bits per heavy atom. The van der Waals surface area contributed by atoms with Crippen molar-refractivity contribution < 1.29 is 0 Å². The van der Waals surface area contributed by atoms with Gasteiger partial charge in [0.2, 0.25) is 5.95 Å². The van der Waals surface area contributed by atoms with E-state index in [-0.39, 0.29) is 5.95 Å². The molecule has 1 aromatic carbocycles. The van der Waals surface area contributed by atoms with E-state index in [1.54, 1.807) is 16.8 Å². The summed E-state index contributed by atoms with van der Waals surface area (Å²) in [5.41, 5.74) is 6.44. The molecule has 0 aliphatic carbocycles. The molecule has 4 nitrogen and oxygen atoms in total. The van der Waals surface area contributed by atoms with E-state index < -0.39 is 0 Å². The largest absolute Gasteiger partial charge is 0.366 e. The maximum atomic E-state index is 5.91. The Balaban J connectivity index is 2.27. The number of rotatable bonds is 2. The maximum Gasteiger partial charge on any atom is 0.240 e. The van der Waals surface area contributed by atoms with Crippen molar-refractivity contribution in [3.05, 3.63) is 38.5 Å². The van der Waals surface area contributed by atoms with Crippen LogP contribution in [0.5, 0.6) is 0 Å². The lowest BCUT2D eigenvalue weighted by Gasteiger charge is -2.03. The molecule has 0 aliphatic rings. The highest BCUT2D eigenvalue weighted by molar-refractivity contribution is 9.10. The second-order valence-corrected chi connectivity index (χ2v) is 4.67. The van der Waals surface area contributed by atoms with Gasteiger partial charge in [-0.2, -0.15) is 4.98 Å². The van der Waals surface area contributed by atoms with Crippen LogP contribution in [0.25, 0.3) is 0 Å². The first-order valence-electron chi connectivity index (χ1n) is 4.36. The fourth-order valence-electron chi connectivity index (χ4n) is 1.25. The van der Waals surface area contributed by atoms with E-state index in [0.717, 1.165) is 5.56 Å². The molecule has 0 radical (unpaired) electrons. The van der Waals surface area contributed by atoms with Crippen molar-refractivity contribution in [1.82, 2.24) is 14.8 Å². The van der Waals surface area contributed by atoms with Crippen molar-refractivity contribution in [2.75, 3.05) is 5.73 Å². The maximum absolute atomic E-state index is 5.91. The zero-order valence-electron chi connectivity index (χ0n) is 7.99.